The van der Waals surface area contributed by atoms with Crippen molar-refractivity contribution in [2.75, 3.05) is 18.5 Å². The number of esters is 1. The molecule has 136 valence electrons. The van der Waals surface area contributed by atoms with Gasteiger partial charge in [0, 0.05) is 18.7 Å². The predicted molar refractivity (Wildman–Crippen MR) is 98.8 cm³/mol. The number of benzene rings is 2. The Bertz CT molecular complexity index is 742. The zero-order valence-electron chi connectivity index (χ0n) is 14.7. The molecule has 0 spiro atoms. The maximum Gasteiger partial charge on any atom is 0.338 e. The highest BCUT2D eigenvalue weighted by Crippen LogP contribution is 2.11. The molecule has 0 aromatic heterocycles. The fraction of sp³-hybridized carbons (Fsp3) is 0.250. The smallest absolute Gasteiger partial charge is 0.338 e. The van der Waals surface area contributed by atoms with Crippen molar-refractivity contribution in [3.8, 4) is 0 Å². The molecular formula is C20H22N2O4. The van der Waals surface area contributed by atoms with Gasteiger partial charge < -0.3 is 15.4 Å². The third-order valence-corrected chi connectivity index (χ3v) is 3.56. The van der Waals surface area contributed by atoms with E-state index in [-0.39, 0.29) is 31.2 Å². The van der Waals surface area contributed by atoms with Gasteiger partial charge in [-0.2, -0.15) is 0 Å². The van der Waals surface area contributed by atoms with Crippen molar-refractivity contribution in [1.82, 2.24) is 5.32 Å². The molecule has 2 amide bonds. The first-order chi connectivity index (χ1) is 12.6. The SMILES string of the molecule is CCOC(=O)c1ccc(NC(=O)CCNC(=O)Cc2ccccc2)cc1. The van der Waals surface area contributed by atoms with E-state index in [0.717, 1.165) is 5.56 Å². The van der Waals surface area contributed by atoms with E-state index in [4.69, 9.17) is 4.74 Å². The average Bonchev–Trinajstić information content (AvgIpc) is 2.63. The minimum Gasteiger partial charge on any atom is -0.462 e. The first kappa shape index (κ1) is 19.2. The molecule has 26 heavy (non-hydrogen) atoms. The van der Waals surface area contributed by atoms with Crippen LogP contribution in [0.5, 0.6) is 0 Å². The van der Waals surface area contributed by atoms with E-state index in [1.165, 1.54) is 0 Å². The van der Waals surface area contributed by atoms with Crippen molar-refractivity contribution in [2.24, 2.45) is 0 Å². The number of ether oxygens (including phenoxy) is 1. The molecule has 0 aliphatic rings. The quantitative estimate of drug-likeness (QED) is 0.714. The maximum absolute atomic E-state index is 11.9. The van der Waals surface area contributed by atoms with Gasteiger partial charge in [0.05, 0.1) is 18.6 Å². The summed E-state index contributed by atoms with van der Waals surface area (Å²) in [5, 5.41) is 5.45. The molecule has 6 heteroatoms. The zero-order chi connectivity index (χ0) is 18.8. The first-order valence-corrected chi connectivity index (χ1v) is 8.46. The molecule has 0 heterocycles. The van der Waals surface area contributed by atoms with Gasteiger partial charge in [-0.3, -0.25) is 9.59 Å². The lowest BCUT2D eigenvalue weighted by atomic mass is 10.1. The molecule has 0 saturated carbocycles. The van der Waals surface area contributed by atoms with Crippen molar-refractivity contribution in [3.63, 3.8) is 0 Å². The van der Waals surface area contributed by atoms with Crippen LogP contribution in [0.15, 0.2) is 54.6 Å². The summed E-state index contributed by atoms with van der Waals surface area (Å²) in [6, 6.07) is 15.9. The molecule has 0 fully saturated rings. The molecule has 2 aromatic carbocycles. The van der Waals surface area contributed by atoms with Crippen LogP contribution in [0.2, 0.25) is 0 Å². The van der Waals surface area contributed by atoms with Gasteiger partial charge in [0.1, 0.15) is 0 Å². The van der Waals surface area contributed by atoms with Crippen LogP contribution in [-0.2, 0) is 20.7 Å². The Morgan fingerprint density at radius 2 is 1.62 bits per heavy atom. The Kier molecular flexibility index (Phi) is 7.36. The highest BCUT2D eigenvalue weighted by molar-refractivity contribution is 5.93. The number of carbonyl (C=O) groups is 3. The normalized spacial score (nSPS) is 10.0. The lowest BCUT2D eigenvalue weighted by Crippen LogP contribution is -2.28. The Balaban J connectivity index is 1.71. The third kappa shape index (κ3) is 6.39. The summed E-state index contributed by atoms with van der Waals surface area (Å²) in [4.78, 5) is 35.3. The monoisotopic (exact) mass is 354 g/mol. The summed E-state index contributed by atoms with van der Waals surface area (Å²) in [5.41, 5.74) is 1.94. The van der Waals surface area contributed by atoms with E-state index in [1.807, 2.05) is 30.3 Å². The fourth-order valence-electron chi connectivity index (χ4n) is 2.29. The molecule has 0 unspecified atom stereocenters. The molecule has 0 atom stereocenters. The van der Waals surface area contributed by atoms with Gasteiger partial charge in [0.15, 0.2) is 0 Å². The van der Waals surface area contributed by atoms with Gasteiger partial charge in [-0.25, -0.2) is 4.79 Å². The maximum atomic E-state index is 11.9. The van der Waals surface area contributed by atoms with E-state index in [1.54, 1.807) is 31.2 Å². The van der Waals surface area contributed by atoms with Crippen molar-refractivity contribution in [1.29, 1.82) is 0 Å². The molecule has 2 N–H and O–H groups in total. The van der Waals surface area contributed by atoms with E-state index in [0.29, 0.717) is 17.9 Å². The Hall–Kier alpha value is -3.15. The summed E-state index contributed by atoms with van der Waals surface area (Å²) >= 11 is 0. The second kappa shape index (κ2) is 9.98. The van der Waals surface area contributed by atoms with Gasteiger partial charge in [-0.1, -0.05) is 30.3 Å². The second-order valence-electron chi connectivity index (χ2n) is 5.61. The van der Waals surface area contributed by atoms with E-state index >= 15 is 0 Å². The zero-order valence-corrected chi connectivity index (χ0v) is 14.7. The summed E-state index contributed by atoms with van der Waals surface area (Å²) in [5.74, 6) is -0.733. The average molecular weight is 354 g/mol. The molecule has 6 nitrogen and oxygen atoms in total. The van der Waals surface area contributed by atoms with Crippen LogP contribution in [0.3, 0.4) is 0 Å². The molecule has 2 rings (SSSR count). The van der Waals surface area contributed by atoms with E-state index in [2.05, 4.69) is 10.6 Å². The van der Waals surface area contributed by atoms with Crippen LogP contribution >= 0.6 is 0 Å². The van der Waals surface area contributed by atoms with Crippen molar-refractivity contribution in [2.45, 2.75) is 19.8 Å². The number of amides is 2. The summed E-state index contributed by atoms with van der Waals surface area (Å²) in [6.45, 7) is 2.32. The minimum atomic E-state index is -0.397. The van der Waals surface area contributed by atoms with E-state index in [9.17, 15) is 14.4 Å². The minimum absolute atomic E-state index is 0.122. The fourth-order valence-corrected chi connectivity index (χ4v) is 2.29. The van der Waals surface area contributed by atoms with Gasteiger partial charge >= 0.3 is 5.97 Å². The molecule has 0 radical (unpaired) electrons. The van der Waals surface area contributed by atoms with Crippen LogP contribution in [0.1, 0.15) is 29.3 Å². The largest absolute Gasteiger partial charge is 0.462 e. The first-order valence-electron chi connectivity index (χ1n) is 8.46. The topological polar surface area (TPSA) is 84.5 Å². The lowest BCUT2D eigenvalue weighted by Gasteiger charge is -2.08. The number of carbonyl (C=O) groups excluding carboxylic acids is 3. The van der Waals surface area contributed by atoms with Crippen LogP contribution in [0, 0.1) is 0 Å². The summed E-state index contributed by atoms with van der Waals surface area (Å²) in [6.07, 6.45) is 0.456. The Morgan fingerprint density at radius 1 is 0.923 bits per heavy atom. The molecule has 2 aromatic rings. The number of hydrogen-bond donors (Lipinski definition) is 2. The van der Waals surface area contributed by atoms with Crippen molar-refractivity contribution in [3.05, 3.63) is 65.7 Å². The number of anilines is 1. The molecule has 0 saturated heterocycles. The molecular weight excluding hydrogens is 332 g/mol. The van der Waals surface area contributed by atoms with Crippen LogP contribution in [-0.4, -0.2) is 30.9 Å². The molecule has 0 aliphatic heterocycles. The van der Waals surface area contributed by atoms with E-state index < -0.39 is 5.97 Å². The van der Waals surface area contributed by atoms with Crippen molar-refractivity contribution >= 4 is 23.5 Å². The number of rotatable bonds is 8. The third-order valence-electron chi connectivity index (χ3n) is 3.56. The van der Waals surface area contributed by atoms with Crippen molar-refractivity contribution < 1.29 is 19.1 Å². The van der Waals surface area contributed by atoms with Gasteiger partial charge in [-0.05, 0) is 36.8 Å². The highest BCUT2D eigenvalue weighted by atomic mass is 16.5. The Labute approximate surface area is 152 Å². The number of nitrogens with one attached hydrogen (secondary N) is 2. The van der Waals surface area contributed by atoms with Gasteiger partial charge in [0.2, 0.25) is 11.8 Å². The van der Waals surface area contributed by atoms with Crippen LogP contribution in [0.25, 0.3) is 0 Å². The van der Waals surface area contributed by atoms with Gasteiger partial charge in [0.25, 0.3) is 0 Å². The van der Waals surface area contributed by atoms with Crippen LogP contribution < -0.4 is 10.6 Å². The second-order valence-corrected chi connectivity index (χ2v) is 5.61. The number of hydrogen-bond acceptors (Lipinski definition) is 4. The molecule has 0 bridgehead atoms. The Morgan fingerprint density at radius 3 is 2.27 bits per heavy atom. The highest BCUT2D eigenvalue weighted by Gasteiger charge is 2.08. The summed E-state index contributed by atoms with van der Waals surface area (Å²) in [7, 11) is 0. The lowest BCUT2D eigenvalue weighted by molar-refractivity contribution is -0.120. The van der Waals surface area contributed by atoms with Gasteiger partial charge in [-0.15, -0.1) is 0 Å². The standard InChI is InChI=1S/C20H22N2O4/c1-2-26-20(25)16-8-10-17(11-9-16)22-18(23)12-13-21-19(24)14-15-6-4-3-5-7-15/h3-11H,2,12-14H2,1H3,(H,21,24)(H,22,23). The summed E-state index contributed by atoms with van der Waals surface area (Å²) < 4.78 is 4.90. The molecule has 0 aliphatic carbocycles. The van der Waals surface area contributed by atoms with Crippen LogP contribution in [0.4, 0.5) is 5.69 Å². The predicted octanol–water partition coefficient (Wildman–Crippen LogP) is 2.55.